The Morgan fingerprint density at radius 3 is 2.70 bits per heavy atom. The minimum atomic E-state index is -0.197. The van der Waals surface area contributed by atoms with Crippen molar-refractivity contribution in [1.29, 1.82) is 0 Å². The zero-order valence-corrected chi connectivity index (χ0v) is 21.6. The minimum Gasteiger partial charge on any atom is -0.461 e. The summed E-state index contributed by atoms with van der Waals surface area (Å²) in [6.45, 7) is 0. The number of rotatable bonds is 7. The molecule has 3 aromatic carbocycles. The molecular weight excluding hydrogens is 526 g/mol. The van der Waals surface area contributed by atoms with Crippen molar-refractivity contribution < 1.29 is 9.21 Å². The summed E-state index contributed by atoms with van der Waals surface area (Å²) in [6.07, 6.45) is 1.60. The summed E-state index contributed by atoms with van der Waals surface area (Å²) >= 11 is 8.93. The highest BCUT2D eigenvalue weighted by molar-refractivity contribution is 7.99. The van der Waals surface area contributed by atoms with Crippen LogP contribution < -0.4 is 5.32 Å². The van der Waals surface area contributed by atoms with E-state index in [9.17, 15) is 4.79 Å². The van der Waals surface area contributed by atoms with Crippen LogP contribution in [0.25, 0.3) is 39.3 Å². The molecule has 0 unspecified atom stereocenters. The Morgan fingerprint density at radius 1 is 1.00 bits per heavy atom. The number of nitrogens with one attached hydrogen (secondary N) is 1. The lowest BCUT2D eigenvalue weighted by atomic mass is 10.1. The van der Waals surface area contributed by atoms with Crippen LogP contribution >= 0.6 is 34.7 Å². The maximum absolute atomic E-state index is 12.8. The van der Waals surface area contributed by atoms with Gasteiger partial charge in [-0.05, 0) is 29.7 Å². The molecule has 182 valence electrons. The van der Waals surface area contributed by atoms with E-state index >= 15 is 0 Å². The first-order chi connectivity index (χ1) is 18.2. The molecule has 3 aromatic heterocycles. The molecule has 0 saturated heterocycles. The summed E-state index contributed by atoms with van der Waals surface area (Å²) in [5.74, 6) is 1.08. The molecule has 0 aliphatic heterocycles. The zero-order valence-electron chi connectivity index (χ0n) is 19.2. The van der Waals surface area contributed by atoms with Crippen LogP contribution in [0.15, 0.2) is 100 Å². The third-order valence-electron chi connectivity index (χ3n) is 5.62. The molecule has 6 aromatic rings. The Morgan fingerprint density at radius 2 is 1.84 bits per heavy atom. The van der Waals surface area contributed by atoms with Gasteiger partial charge in [0.1, 0.15) is 0 Å². The van der Waals surface area contributed by atoms with Crippen molar-refractivity contribution in [3.63, 3.8) is 0 Å². The van der Waals surface area contributed by atoms with Gasteiger partial charge >= 0.3 is 0 Å². The number of hydrogen-bond donors (Lipinski definition) is 1. The molecule has 0 radical (unpaired) electrons. The predicted octanol–water partition coefficient (Wildman–Crippen LogP) is 7.19. The number of benzene rings is 3. The van der Waals surface area contributed by atoms with Crippen molar-refractivity contribution in [2.75, 3.05) is 11.1 Å². The number of hydrogen-bond acceptors (Lipinski definition) is 7. The fourth-order valence-corrected chi connectivity index (χ4v) is 5.66. The average molecular weight is 544 g/mol. The molecule has 0 aliphatic carbocycles. The van der Waals surface area contributed by atoms with Gasteiger partial charge in [0, 0.05) is 21.4 Å². The summed E-state index contributed by atoms with van der Waals surface area (Å²) in [5.41, 5.74) is 2.45. The second-order valence-electron chi connectivity index (χ2n) is 7.97. The van der Waals surface area contributed by atoms with Crippen LogP contribution in [0.2, 0.25) is 5.02 Å². The fourth-order valence-electron chi connectivity index (χ4n) is 3.96. The van der Waals surface area contributed by atoms with E-state index < -0.39 is 0 Å². The predicted molar refractivity (Wildman–Crippen MR) is 148 cm³/mol. The SMILES string of the molecule is O=C(CSc1nnc(-c2ccco2)n1-c1cccc2ccccc12)Nc1nc(-c2ccccc2Cl)cs1. The molecule has 0 atom stereocenters. The Labute approximate surface area is 225 Å². The lowest BCUT2D eigenvalue weighted by Gasteiger charge is -2.12. The van der Waals surface area contributed by atoms with Crippen LogP contribution in [-0.2, 0) is 4.79 Å². The van der Waals surface area contributed by atoms with Gasteiger partial charge in [0.15, 0.2) is 16.0 Å². The maximum atomic E-state index is 12.8. The number of carbonyl (C=O) groups is 1. The number of amides is 1. The summed E-state index contributed by atoms with van der Waals surface area (Å²) in [6, 6.07) is 25.3. The summed E-state index contributed by atoms with van der Waals surface area (Å²) in [5, 5.41) is 17.4. The number of fused-ring (bicyclic) bond motifs is 1. The number of thioether (sulfide) groups is 1. The van der Waals surface area contributed by atoms with E-state index in [1.807, 2.05) is 70.6 Å². The second-order valence-corrected chi connectivity index (χ2v) is 10.2. The van der Waals surface area contributed by atoms with Crippen molar-refractivity contribution in [3.05, 3.63) is 95.5 Å². The van der Waals surface area contributed by atoms with Crippen molar-refractivity contribution in [2.24, 2.45) is 0 Å². The van der Waals surface area contributed by atoms with Crippen LogP contribution in [0.4, 0.5) is 5.13 Å². The van der Waals surface area contributed by atoms with E-state index in [-0.39, 0.29) is 11.7 Å². The third-order valence-corrected chi connectivity index (χ3v) is 7.63. The lowest BCUT2D eigenvalue weighted by Crippen LogP contribution is -2.14. The molecule has 0 bridgehead atoms. The Hall–Kier alpha value is -3.92. The van der Waals surface area contributed by atoms with Crippen LogP contribution in [0, 0.1) is 0 Å². The minimum absolute atomic E-state index is 0.127. The molecule has 7 nitrogen and oxygen atoms in total. The van der Waals surface area contributed by atoms with Crippen LogP contribution in [0.5, 0.6) is 0 Å². The molecule has 10 heteroatoms. The van der Waals surface area contributed by atoms with Gasteiger partial charge in [-0.25, -0.2) is 4.98 Å². The number of nitrogens with zero attached hydrogens (tertiary/aromatic N) is 4. The van der Waals surface area contributed by atoms with Crippen LogP contribution in [0.3, 0.4) is 0 Å². The first-order valence-corrected chi connectivity index (χ1v) is 13.5. The van der Waals surface area contributed by atoms with Crippen molar-refractivity contribution in [3.8, 4) is 28.5 Å². The van der Waals surface area contributed by atoms with E-state index in [0.717, 1.165) is 27.7 Å². The largest absolute Gasteiger partial charge is 0.461 e. The normalized spacial score (nSPS) is 11.2. The first kappa shape index (κ1) is 23.5. The molecule has 3 heterocycles. The van der Waals surface area contributed by atoms with Gasteiger partial charge in [0.05, 0.1) is 23.4 Å². The summed E-state index contributed by atoms with van der Waals surface area (Å²) in [4.78, 5) is 17.3. The summed E-state index contributed by atoms with van der Waals surface area (Å²) < 4.78 is 7.56. The first-order valence-electron chi connectivity index (χ1n) is 11.3. The smallest absolute Gasteiger partial charge is 0.236 e. The van der Waals surface area contributed by atoms with E-state index in [0.29, 0.717) is 26.9 Å². The molecule has 1 amide bonds. The van der Waals surface area contributed by atoms with Crippen molar-refractivity contribution in [2.45, 2.75) is 5.16 Å². The van der Waals surface area contributed by atoms with Crippen LogP contribution in [0.1, 0.15) is 0 Å². The Bertz CT molecular complexity index is 1710. The molecular formula is C27H18ClN5O2S2. The second kappa shape index (κ2) is 10.2. The summed E-state index contributed by atoms with van der Waals surface area (Å²) in [7, 11) is 0. The van der Waals surface area contributed by atoms with Gasteiger partial charge in [0.2, 0.25) is 11.7 Å². The van der Waals surface area contributed by atoms with Gasteiger partial charge in [0.25, 0.3) is 0 Å². The standard InChI is InChI=1S/C27H18ClN5O2S2/c28-20-11-4-3-10-19(20)21-15-36-26(29-21)30-24(34)16-37-27-32-31-25(23-13-6-14-35-23)33(27)22-12-5-8-17-7-1-2-9-18(17)22/h1-15H,16H2,(H,29,30,34). The average Bonchev–Trinajstić information content (AvgIpc) is 3.68. The molecule has 0 aliphatic rings. The highest BCUT2D eigenvalue weighted by atomic mass is 35.5. The number of thiazole rings is 1. The number of aromatic nitrogens is 4. The molecule has 1 N–H and O–H groups in total. The zero-order chi connectivity index (χ0) is 25.2. The van der Waals surface area contributed by atoms with E-state index in [4.69, 9.17) is 16.0 Å². The van der Waals surface area contributed by atoms with E-state index in [1.165, 1.54) is 23.1 Å². The Kier molecular flexibility index (Phi) is 6.48. The van der Waals surface area contributed by atoms with Gasteiger partial charge < -0.3 is 9.73 Å². The Balaban J connectivity index is 1.26. The van der Waals surface area contributed by atoms with Crippen molar-refractivity contribution in [1.82, 2.24) is 19.7 Å². The monoisotopic (exact) mass is 543 g/mol. The highest BCUT2D eigenvalue weighted by Gasteiger charge is 2.20. The number of carbonyl (C=O) groups excluding carboxylic acids is 1. The number of furan rings is 1. The van der Waals surface area contributed by atoms with Gasteiger partial charge in [-0.1, -0.05) is 78.0 Å². The topological polar surface area (TPSA) is 85.8 Å². The van der Waals surface area contributed by atoms with E-state index in [1.54, 1.807) is 6.26 Å². The van der Waals surface area contributed by atoms with Gasteiger partial charge in [-0.3, -0.25) is 9.36 Å². The third kappa shape index (κ3) is 4.76. The van der Waals surface area contributed by atoms with E-state index in [2.05, 4.69) is 38.7 Å². The number of halogens is 1. The molecule has 37 heavy (non-hydrogen) atoms. The fraction of sp³-hybridized carbons (Fsp3) is 0.0370. The lowest BCUT2D eigenvalue weighted by molar-refractivity contribution is -0.113. The van der Waals surface area contributed by atoms with Gasteiger partial charge in [-0.15, -0.1) is 21.5 Å². The van der Waals surface area contributed by atoms with Crippen molar-refractivity contribution >= 4 is 56.5 Å². The molecule has 0 saturated carbocycles. The molecule has 6 rings (SSSR count). The molecule has 0 fully saturated rings. The quantitative estimate of drug-likeness (QED) is 0.214. The highest BCUT2D eigenvalue weighted by Crippen LogP contribution is 2.33. The van der Waals surface area contributed by atoms with Gasteiger partial charge in [-0.2, -0.15) is 0 Å². The number of anilines is 1. The molecule has 0 spiro atoms. The maximum Gasteiger partial charge on any atom is 0.236 e. The van der Waals surface area contributed by atoms with Crippen LogP contribution in [-0.4, -0.2) is 31.4 Å².